The minimum Gasteiger partial charge on any atom is -0.154 e. The smallest absolute Gasteiger partial charge is 0.0187 e. The van der Waals surface area contributed by atoms with Crippen LogP contribution in [0.1, 0.15) is 44.7 Å². The molecule has 0 aromatic heterocycles. The first-order valence-corrected chi connectivity index (χ1v) is 6.35. The first-order chi connectivity index (χ1) is 6.59. The lowest BCUT2D eigenvalue weighted by atomic mass is 10.0. The van der Waals surface area contributed by atoms with E-state index in [1.807, 2.05) is 11.8 Å². The zero-order valence-corrected chi connectivity index (χ0v) is 10.4. The van der Waals surface area contributed by atoms with Crippen molar-refractivity contribution in [3.8, 4) is 0 Å². The Morgan fingerprint density at radius 3 is 2.43 bits per heavy atom. The first-order valence-electron chi connectivity index (χ1n) is 5.30. The van der Waals surface area contributed by atoms with E-state index in [2.05, 4.69) is 52.0 Å². The summed E-state index contributed by atoms with van der Waals surface area (Å²) in [7, 11) is 0. The molecule has 14 heavy (non-hydrogen) atoms. The predicted octanol–water partition coefficient (Wildman–Crippen LogP) is 4.45. The summed E-state index contributed by atoms with van der Waals surface area (Å²) in [6, 6.07) is 8.95. The highest BCUT2D eigenvalue weighted by molar-refractivity contribution is 7.99. The molecule has 0 aliphatic rings. The minimum absolute atomic E-state index is 0.638. The van der Waals surface area contributed by atoms with Crippen molar-refractivity contribution >= 4 is 11.8 Å². The second-order valence-electron chi connectivity index (χ2n) is 4.26. The zero-order valence-electron chi connectivity index (χ0n) is 9.58. The van der Waals surface area contributed by atoms with Gasteiger partial charge in [0.25, 0.3) is 0 Å². The van der Waals surface area contributed by atoms with Crippen molar-refractivity contribution < 1.29 is 0 Å². The van der Waals surface area contributed by atoms with E-state index < -0.39 is 0 Å². The predicted molar refractivity (Wildman–Crippen MR) is 67.0 cm³/mol. The fourth-order valence-electron chi connectivity index (χ4n) is 1.30. The third-order valence-corrected chi connectivity index (χ3v) is 3.37. The van der Waals surface area contributed by atoms with Crippen LogP contribution in [0.2, 0.25) is 0 Å². The Morgan fingerprint density at radius 1 is 1.14 bits per heavy atom. The molecule has 1 aromatic carbocycles. The van der Waals surface area contributed by atoms with Crippen molar-refractivity contribution in [2.75, 3.05) is 0 Å². The topological polar surface area (TPSA) is 0 Å². The summed E-state index contributed by atoms with van der Waals surface area (Å²) >= 11 is 2.00. The highest BCUT2D eigenvalue weighted by Gasteiger charge is 2.01. The number of thioether (sulfide) groups is 1. The second kappa shape index (κ2) is 5.45. The van der Waals surface area contributed by atoms with Crippen LogP contribution < -0.4 is 0 Å². The largest absolute Gasteiger partial charge is 0.154 e. The Bertz CT molecular complexity index is 276. The second-order valence-corrected chi connectivity index (χ2v) is 5.82. The molecule has 0 saturated carbocycles. The standard InChI is InChI=1S/C13H20S/c1-10(2)13-7-5-6-12(8-13)9-14-11(3)4/h5-8,10-11H,9H2,1-4H3. The van der Waals surface area contributed by atoms with E-state index in [1.165, 1.54) is 11.1 Å². The SMILES string of the molecule is CC(C)SCc1cccc(C(C)C)c1. The Labute approximate surface area is 92.1 Å². The quantitative estimate of drug-likeness (QED) is 0.704. The van der Waals surface area contributed by atoms with E-state index in [1.54, 1.807) is 0 Å². The van der Waals surface area contributed by atoms with E-state index >= 15 is 0 Å². The van der Waals surface area contributed by atoms with Crippen LogP contribution >= 0.6 is 11.8 Å². The number of benzene rings is 1. The van der Waals surface area contributed by atoms with Gasteiger partial charge in [0.1, 0.15) is 0 Å². The van der Waals surface area contributed by atoms with Gasteiger partial charge < -0.3 is 0 Å². The Hall–Kier alpha value is -0.430. The van der Waals surface area contributed by atoms with Gasteiger partial charge in [0.05, 0.1) is 0 Å². The van der Waals surface area contributed by atoms with Gasteiger partial charge in [-0.3, -0.25) is 0 Å². The number of rotatable bonds is 4. The van der Waals surface area contributed by atoms with Crippen LogP contribution in [-0.2, 0) is 5.75 Å². The normalized spacial score (nSPS) is 11.3. The van der Waals surface area contributed by atoms with Crippen LogP contribution in [0.4, 0.5) is 0 Å². The molecule has 0 spiro atoms. The third-order valence-electron chi connectivity index (χ3n) is 2.20. The molecular formula is C13H20S. The van der Waals surface area contributed by atoms with Gasteiger partial charge >= 0.3 is 0 Å². The average molecular weight is 208 g/mol. The van der Waals surface area contributed by atoms with E-state index in [0.29, 0.717) is 5.92 Å². The minimum atomic E-state index is 0.638. The van der Waals surface area contributed by atoms with Crippen LogP contribution in [0.25, 0.3) is 0 Å². The van der Waals surface area contributed by atoms with E-state index in [0.717, 1.165) is 11.0 Å². The molecular weight excluding hydrogens is 188 g/mol. The van der Waals surface area contributed by atoms with Crippen molar-refractivity contribution in [3.05, 3.63) is 35.4 Å². The molecule has 0 amide bonds. The maximum Gasteiger partial charge on any atom is 0.0187 e. The molecule has 1 aromatic rings. The summed E-state index contributed by atoms with van der Waals surface area (Å²) in [6.45, 7) is 8.98. The molecule has 0 radical (unpaired) electrons. The summed E-state index contributed by atoms with van der Waals surface area (Å²) in [5, 5.41) is 0.720. The van der Waals surface area contributed by atoms with Crippen molar-refractivity contribution in [1.29, 1.82) is 0 Å². The zero-order chi connectivity index (χ0) is 10.6. The number of hydrogen-bond acceptors (Lipinski definition) is 1. The van der Waals surface area contributed by atoms with Crippen molar-refractivity contribution in [2.45, 2.75) is 44.6 Å². The highest BCUT2D eigenvalue weighted by atomic mass is 32.2. The summed E-state index contributed by atoms with van der Waals surface area (Å²) in [6.07, 6.45) is 0. The van der Waals surface area contributed by atoms with Gasteiger partial charge in [-0.1, -0.05) is 52.0 Å². The lowest BCUT2D eigenvalue weighted by molar-refractivity contribution is 0.864. The van der Waals surface area contributed by atoms with Gasteiger partial charge in [0.2, 0.25) is 0 Å². The van der Waals surface area contributed by atoms with Gasteiger partial charge in [-0.25, -0.2) is 0 Å². The fourth-order valence-corrected chi connectivity index (χ4v) is 2.01. The lowest BCUT2D eigenvalue weighted by Crippen LogP contribution is -1.92. The molecule has 0 nitrogen and oxygen atoms in total. The summed E-state index contributed by atoms with van der Waals surface area (Å²) in [5.74, 6) is 1.78. The van der Waals surface area contributed by atoms with Crippen molar-refractivity contribution in [2.24, 2.45) is 0 Å². The van der Waals surface area contributed by atoms with Gasteiger partial charge in [-0.2, -0.15) is 11.8 Å². The van der Waals surface area contributed by atoms with Crippen LogP contribution in [0, 0.1) is 0 Å². The highest BCUT2D eigenvalue weighted by Crippen LogP contribution is 2.20. The fraction of sp³-hybridized carbons (Fsp3) is 0.538. The Balaban J connectivity index is 2.64. The summed E-state index contributed by atoms with van der Waals surface area (Å²) in [5.41, 5.74) is 2.90. The molecule has 0 aliphatic heterocycles. The van der Waals surface area contributed by atoms with Gasteiger partial charge in [-0.05, 0) is 22.3 Å². The van der Waals surface area contributed by atoms with E-state index in [4.69, 9.17) is 0 Å². The summed E-state index contributed by atoms with van der Waals surface area (Å²) in [4.78, 5) is 0. The van der Waals surface area contributed by atoms with Gasteiger partial charge in [-0.15, -0.1) is 0 Å². The van der Waals surface area contributed by atoms with Gasteiger partial charge in [0, 0.05) is 5.75 Å². The third kappa shape index (κ3) is 3.75. The Morgan fingerprint density at radius 2 is 1.86 bits per heavy atom. The van der Waals surface area contributed by atoms with Crippen molar-refractivity contribution in [1.82, 2.24) is 0 Å². The molecule has 0 aliphatic carbocycles. The van der Waals surface area contributed by atoms with E-state index in [9.17, 15) is 0 Å². The number of hydrogen-bond donors (Lipinski definition) is 0. The molecule has 0 unspecified atom stereocenters. The monoisotopic (exact) mass is 208 g/mol. The van der Waals surface area contributed by atoms with Crippen LogP contribution in [0.3, 0.4) is 0 Å². The maximum atomic E-state index is 2.33. The molecule has 0 atom stereocenters. The molecule has 0 fully saturated rings. The van der Waals surface area contributed by atoms with Crippen molar-refractivity contribution in [3.63, 3.8) is 0 Å². The molecule has 0 saturated heterocycles. The first kappa shape index (κ1) is 11.6. The molecule has 0 bridgehead atoms. The molecule has 1 rings (SSSR count). The van der Waals surface area contributed by atoms with Crippen LogP contribution in [0.15, 0.2) is 24.3 Å². The lowest BCUT2D eigenvalue weighted by Gasteiger charge is -2.09. The van der Waals surface area contributed by atoms with Crippen LogP contribution in [0.5, 0.6) is 0 Å². The molecule has 78 valence electrons. The maximum absolute atomic E-state index is 2.33. The average Bonchev–Trinajstić information content (AvgIpc) is 2.15. The molecule has 0 N–H and O–H groups in total. The van der Waals surface area contributed by atoms with Crippen LogP contribution in [-0.4, -0.2) is 5.25 Å². The van der Waals surface area contributed by atoms with E-state index in [-0.39, 0.29) is 0 Å². The molecule has 0 heterocycles. The van der Waals surface area contributed by atoms with Gasteiger partial charge in [0.15, 0.2) is 0 Å². The Kier molecular flexibility index (Phi) is 4.53. The molecule has 1 heteroatoms. The summed E-state index contributed by atoms with van der Waals surface area (Å²) < 4.78 is 0.